The molecule has 18 heavy (non-hydrogen) atoms. The Morgan fingerprint density at radius 3 is 2.72 bits per heavy atom. The SMILES string of the molecule is CCNc1cc(S(=O)(=O)NCCN(C)C)ccn1. The Morgan fingerprint density at radius 1 is 1.39 bits per heavy atom. The van der Waals surface area contributed by atoms with Gasteiger partial charge in [0.2, 0.25) is 10.0 Å². The lowest BCUT2D eigenvalue weighted by Crippen LogP contribution is -2.31. The minimum Gasteiger partial charge on any atom is -0.370 e. The monoisotopic (exact) mass is 272 g/mol. The third-order valence-corrected chi connectivity index (χ3v) is 3.71. The first kappa shape index (κ1) is 14.9. The maximum absolute atomic E-state index is 12.0. The summed E-state index contributed by atoms with van der Waals surface area (Å²) in [6.45, 7) is 3.67. The third kappa shape index (κ3) is 4.59. The zero-order valence-corrected chi connectivity index (χ0v) is 11.8. The van der Waals surface area contributed by atoms with Gasteiger partial charge >= 0.3 is 0 Å². The smallest absolute Gasteiger partial charge is 0.240 e. The van der Waals surface area contributed by atoms with E-state index in [2.05, 4.69) is 15.0 Å². The van der Waals surface area contributed by atoms with Gasteiger partial charge in [0, 0.05) is 31.9 Å². The van der Waals surface area contributed by atoms with Crippen LogP contribution in [0.3, 0.4) is 0 Å². The lowest BCUT2D eigenvalue weighted by molar-refractivity contribution is 0.412. The molecule has 0 aliphatic heterocycles. The van der Waals surface area contributed by atoms with Crippen LogP contribution in [0.5, 0.6) is 0 Å². The molecule has 0 saturated heterocycles. The van der Waals surface area contributed by atoms with Crippen LogP contribution in [0.1, 0.15) is 6.92 Å². The van der Waals surface area contributed by atoms with Gasteiger partial charge in [-0.2, -0.15) is 0 Å². The maximum Gasteiger partial charge on any atom is 0.240 e. The maximum atomic E-state index is 12.0. The average molecular weight is 272 g/mol. The number of likely N-dealkylation sites (N-methyl/N-ethyl adjacent to an activating group) is 1. The second kappa shape index (κ2) is 6.67. The Bertz CT molecular complexity index is 474. The number of nitrogens with one attached hydrogen (secondary N) is 2. The Morgan fingerprint density at radius 2 is 2.11 bits per heavy atom. The van der Waals surface area contributed by atoms with E-state index < -0.39 is 10.0 Å². The van der Waals surface area contributed by atoms with E-state index in [1.165, 1.54) is 18.3 Å². The number of hydrogen-bond acceptors (Lipinski definition) is 5. The predicted molar refractivity (Wildman–Crippen MR) is 72.1 cm³/mol. The lowest BCUT2D eigenvalue weighted by atomic mass is 10.4. The van der Waals surface area contributed by atoms with Gasteiger partial charge in [-0.1, -0.05) is 0 Å². The molecule has 1 heterocycles. The first-order valence-electron chi connectivity index (χ1n) is 5.80. The summed E-state index contributed by atoms with van der Waals surface area (Å²) >= 11 is 0. The summed E-state index contributed by atoms with van der Waals surface area (Å²) in [6.07, 6.45) is 1.48. The van der Waals surface area contributed by atoms with Crippen LogP contribution in [0.4, 0.5) is 5.82 Å². The summed E-state index contributed by atoms with van der Waals surface area (Å²) in [5, 5.41) is 2.98. The molecule has 0 radical (unpaired) electrons. The number of pyridine rings is 1. The molecule has 1 aromatic rings. The number of hydrogen-bond donors (Lipinski definition) is 2. The molecule has 0 aliphatic rings. The third-order valence-electron chi connectivity index (χ3n) is 2.25. The summed E-state index contributed by atoms with van der Waals surface area (Å²) in [6, 6.07) is 3.01. The molecular formula is C11H20N4O2S. The largest absolute Gasteiger partial charge is 0.370 e. The zero-order valence-electron chi connectivity index (χ0n) is 11.0. The number of sulfonamides is 1. The van der Waals surface area contributed by atoms with E-state index in [1.807, 2.05) is 25.9 Å². The van der Waals surface area contributed by atoms with Gasteiger partial charge in [-0.15, -0.1) is 0 Å². The van der Waals surface area contributed by atoms with Gasteiger partial charge in [0.15, 0.2) is 0 Å². The van der Waals surface area contributed by atoms with Gasteiger partial charge in [0.25, 0.3) is 0 Å². The molecule has 2 N–H and O–H groups in total. The van der Waals surface area contributed by atoms with Crippen molar-refractivity contribution in [2.75, 3.05) is 39.0 Å². The number of aromatic nitrogens is 1. The van der Waals surface area contributed by atoms with Crippen LogP contribution in [0.25, 0.3) is 0 Å². The first-order valence-corrected chi connectivity index (χ1v) is 7.28. The quantitative estimate of drug-likeness (QED) is 0.749. The van der Waals surface area contributed by atoms with Crippen molar-refractivity contribution in [1.29, 1.82) is 0 Å². The zero-order chi connectivity index (χ0) is 13.6. The second-order valence-corrected chi connectivity index (χ2v) is 5.88. The number of rotatable bonds is 7. The summed E-state index contributed by atoms with van der Waals surface area (Å²) in [5.41, 5.74) is 0. The fourth-order valence-corrected chi connectivity index (χ4v) is 2.38. The van der Waals surface area contributed by atoms with E-state index in [-0.39, 0.29) is 4.90 Å². The highest BCUT2D eigenvalue weighted by Crippen LogP contribution is 2.12. The van der Waals surface area contributed by atoms with E-state index >= 15 is 0 Å². The Hall–Kier alpha value is -1.18. The molecule has 102 valence electrons. The summed E-state index contributed by atoms with van der Waals surface area (Å²) in [4.78, 5) is 6.18. The van der Waals surface area contributed by atoms with E-state index in [4.69, 9.17) is 0 Å². The fourth-order valence-electron chi connectivity index (χ4n) is 1.34. The summed E-state index contributed by atoms with van der Waals surface area (Å²) in [5.74, 6) is 0.563. The van der Waals surface area contributed by atoms with Crippen molar-refractivity contribution >= 4 is 15.8 Å². The van der Waals surface area contributed by atoms with E-state index in [1.54, 1.807) is 0 Å². The Kier molecular flexibility index (Phi) is 5.52. The number of anilines is 1. The molecule has 1 rings (SSSR count). The molecule has 1 aromatic heterocycles. The normalized spacial score (nSPS) is 11.8. The van der Waals surface area contributed by atoms with Crippen molar-refractivity contribution in [2.45, 2.75) is 11.8 Å². The molecule has 0 amide bonds. The van der Waals surface area contributed by atoms with Crippen molar-refractivity contribution in [3.8, 4) is 0 Å². The average Bonchev–Trinajstić information content (AvgIpc) is 2.29. The van der Waals surface area contributed by atoms with Crippen LogP contribution in [-0.4, -0.2) is 52.0 Å². The van der Waals surface area contributed by atoms with Crippen molar-refractivity contribution < 1.29 is 8.42 Å². The molecule has 0 fully saturated rings. The Balaban J connectivity index is 2.75. The molecule has 7 heteroatoms. The van der Waals surface area contributed by atoms with Crippen LogP contribution in [-0.2, 0) is 10.0 Å². The lowest BCUT2D eigenvalue weighted by Gasteiger charge is -2.11. The van der Waals surface area contributed by atoms with Crippen LogP contribution in [0.15, 0.2) is 23.2 Å². The van der Waals surface area contributed by atoms with Gasteiger partial charge in [-0.25, -0.2) is 18.1 Å². The molecular weight excluding hydrogens is 252 g/mol. The van der Waals surface area contributed by atoms with Gasteiger partial charge in [-0.05, 0) is 27.1 Å². The second-order valence-electron chi connectivity index (χ2n) is 4.11. The predicted octanol–water partition coefficient (Wildman–Crippen LogP) is 0.353. The molecule has 0 aliphatic carbocycles. The van der Waals surface area contributed by atoms with Crippen LogP contribution >= 0.6 is 0 Å². The molecule has 0 saturated carbocycles. The van der Waals surface area contributed by atoms with E-state index in [9.17, 15) is 8.42 Å². The molecule has 0 unspecified atom stereocenters. The highest BCUT2D eigenvalue weighted by Gasteiger charge is 2.14. The molecule has 0 bridgehead atoms. The van der Waals surface area contributed by atoms with E-state index in [0.717, 1.165) is 0 Å². The van der Waals surface area contributed by atoms with E-state index in [0.29, 0.717) is 25.5 Å². The minimum atomic E-state index is -3.45. The van der Waals surface area contributed by atoms with Gasteiger partial charge < -0.3 is 10.2 Å². The highest BCUT2D eigenvalue weighted by molar-refractivity contribution is 7.89. The Labute approximate surface area is 108 Å². The van der Waals surface area contributed by atoms with Crippen molar-refractivity contribution in [2.24, 2.45) is 0 Å². The number of nitrogens with zero attached hydrogens (tertiary/aromatic N) is 2. The minimum absolute atomic E-state index is 0.229. The van der Waals surface area contributed by atoms with Gasteiger partial charge in [0.1, 0.15) is 5.82 Å². The molecule has 6 nitrogen and oxygen atoms in total. The summed E-state index contributed by atoms with van der Waals surface area (Å²) < 4.78 is 26.5. The van der Waals surface area contributed by atoms with Crippen LogP contribution in [0.2, 0.25) is 0 Å². The van der Waals surface area contributed by atoms with Crippen molar-refractivity contribution in [3.63, 3.8) is 0 Å². The van der Waals surface area contributed by atoms with Crippen molar-refractivity contribution in [1.82, 2.24) is 14.6 Å². The summed E-state index contributed by atoms with van der Waals surface area (Å²) in [7, 11) is 0.332. The topological polar surface area (TPSA) is 74.3 Å². The first-order chi connectivity index (χ1) is 8.45. The van der Waals surface area contributed by atoms with Crippen molar-refractivity contribution in [3.05, 3.63) is 18.3 Å². The highest BCUT2D eigenvalue weighted by atomic mass is 32.2. The van der Waals surface area contributed by atoms with Gasteiger partial charge in [-0.3, -0.25) is 0 Å². The molecule has 0 spiro atoms. The molecule has 0 aromatic carbocycles. The van der Waals surface area contributed by atoms with Crippen LogP contribution in [0, 0.1) is 0 Å². The fraction of sp³-hybridized carbons (Fsp3) is 0.545. The standard InChI is InChI=1S/C11H20N4O2S/c1-4-12-11-9-10(5-6-13-11)18(16,17)14-7-8-15(2)3/h5-6,9,14H,4,7-8H2,1-3H3,(H,12,13). The molecule has 0 atom stereocenters. The van der Waals surface area contributed by atoms with Crippen LogP contribution < -0.4 is 10.0 Å². The van der Waals surface area contributed by atoms with Gasteiger partial charge in [0.05, 0.1) is 4.90 Å².